The molecule has 1 aromatic rings. The van der Waals surface area contributed by atoms with Crippen LogP contribution in [0.3, 0.4) is 0 Å². The Hall–Kier alpha value is -1.38. The average molecular weight is 182 g/mol. The molecule has 1 aromatic carbocycles. The van der Waals surface area contributed by atoms with Crippen molar-refractivity contribution in [2.24, 2.45) is 0 Å². The highest BCUT2D eigenvalue weighted by Crippen LogP contribution is 2.28. The normalized spacial score (nSPS) is 12.5. The molecule has 0 amide bonds. The summed E-state index contributed by atoms with van der Waals surface area (Å²) in [7, 11) is 0. The third-order valence-corrected chi connectivity index (χ3v) is 1.74. The van der Waals surface area contributed by atoms with E-state index in [2.05, 4.69) is 0 Å². The van der Waals surface area contributed by atoms with Crippen molar-refractivity contribution in [3.05, 3.63) is 29.8 Å². The number of carbonyl (C=O) groups is 1. The number of phenolic OH excluding ortho intramolecular Hbond substituents is 1. The van der Waals surface area contributed by atoms with Gasteiger partial charge in [0.2, 0.25) is 0 Å². The fourth-order valence-corrected chi connectivity index (χ4v) is 1.11. The molecule has 0 aromatic heterocycles. The van der Waals surface area contributed by atoms with E-state index in [0.29, 0.717) is 0 Å². The van der Waals surface area contributed by atoms with Crippen LogP contribution in [0.4, 0.5) is 4.39 Å². The first kappa shape index (κ1) is 9.71. The lowest BCUT2D eigenvalue weighted by Crippen LogP contribution is -1.98. The second-order valence-corrected chi connectivity index (χ2v) is 2.93. The van der Waals surface area contributed by atoms with Crippen LogP contribution in [0, 0.1) is 0 Å². The van der Waals surface area contributed by atoms with Gasteiger partial charge in [0.15, 0.2) is 0 Å². The molecule has 0 aliphatic heterocycles. The molecule has 0 aliphatic rings. The Morgan fingerprint density at radius 2 is 2.15 bits per heavy atom. The van der Waals surface area contributed by atoms with Gasteiger partial charge in [-0.1, -0.05) is 18.2 Å². The summed E-state index contributed by atoms with van der Waals surface area (Å²) in [6.45, 7) is 1.33. The van der Waals surface area contributed by atoms with Crippen LogP contribution in [0.15, 0.2) is 24.3 Å². The van der Waals surface area contributed by atoms with Crippen molar-refractivity contribution in [3.63, 3.8) is 0 Å². The highest BCUT2D eigenvalue weighted by molar-refractivity contribution is 5.76. The topological polar surface area (TPSA) is 37.3 Å². The molecule has 0 heterocycles. The Kier molecular flexibility index (Phi) is 3.01. The first-order valence-electron chi connectivity index (χ1n) is 4.02. The minimum Gasteiger partial charge on any atom is -0.508 e. The summed E-state index contributed by atoms with van der Waals surface area (Å²) >= 11 is 0. The molecule has 3 heteroatoms. The van der Waals surface area contributed by atoms with Crippen LogP contribution < -0.4 is 0 Å². The summed E-state index contributed by atoms with van der Waals surface area (Å²) in [6, 6.07) is 6.12. The molecule has 1 N–H and O–H groups in total. The van der Waals surface area contributed by atoms with Crippen molar-refractivity contribution in [1.29, 1.82) is 0 Å². The number of alkyl halides is 1. The van der Waals surface area contributed by atoms with Crippen LogP contribution in [0.2, 0.25) is 0 Å². The zero-order valence-electron chi connectivity index (χ0n) is 7.33. The van der Waals surface area contributed by atoms with E-state index in [1.165, 1.54) is 19.1 Å². The zero-order chi connectivity index (χ0) is 9.84. The van der Waals surface area contributed by atoms with Crippen LogP contribution in [0.25, 0.3) is 0 Å². The molecule has 13 heavy (non-hydrogen) atoms. The molecule has 0 radical (unpaired) electrons. The average Bonchev–Trinajstić information content (AvgIpc) is 2.03. The van der Waals surface area contributed by atoms with Gasteiger partial charge in [0, 0.05) is 12.0 Å². The molecular formula is C10H11FO2. The van der Waals surface area contributed by atoms with E-state index in [0.717, 1.165) is 0 Å². The smallest absolute Gasteiger partial charge is 0.136 e. The Bertz CT molecular complexity index is 310. The van der Waals surface area contributed by atoms with Gasteiger partial charge in [-0.3, -0.25) is 4.79 Å². The Morgan fingerprint density at radius 1 is 1.54 bits per heavy atom. The standard InChI is InChI=1S/C10H11FO2/c1-7(12)6-9(11)8-4-2-3-5-10(8)13/h2-5,9,13H,6H2,1H3. The molecule has 0 spiro atoms. The summed E-state index contributed by atoms with van der Waals surface area (Å²) in [5.74, 6) is -0.327. The van der Waals surface area contributed by atoms with Crippen molar-refractivity contribution >= 4 is 5.78 Å². The molecule has 0 saturated carbocycles. The SMILES string of the molecule is CC(=O)CC(F)c1ccccc1O. The Balaban J connectivity index is 2.82. The van der Waals surface area contributed by atoms with E-state index in [1.54, 1.807) is 12.1 Å². The monoisotopic (exact) mass is 182 g/mol. The predicted octanol–water partition coefficient (Wildman–Crippen LogP) is 2.38. The maximum absolute atomic E-state index is 13.3. The number of ketones is 1. The minimum absolute atomic E-state index is 0.101. The second kappa shape index (κ2) is 4.03. The predicted molar refractivity (Wildman–Crippen MR) is 47.3 cm³/mol. The van der Waals surface area contributed by atoms with Crippen LogP contribution in [0.1, 0.15) is 25.1 Å². The lowest BCUT2D eigenvalue weighted by atomic mass is 10.1. The maximum Gasteiger partial charge on any atom is 0.136 e. The molecule has 0 fully saturated rings. The van der Waals surface area contributed by atoms with Gasteiger partial charge in [0.25, 0.3) is 0 Å². The molecule has 1 unspecified atom stereocenters. The van der Waals surface area contributed by atoms with E-state index in [-0.39, 0.29) is 23.5 Å². The van der Waals surface area contributed by atoms with Crippen LogP contribution in [-0.4, -0.2) is 10.9 Å². The van der Waals surface area contributed by atoms with Gasteiger partial charge in [0.1, 0.15) is 17.7 Å². The van der Waals surface area contributed by atoms with Crippen LogP contribution >= 0.6 is 0 Å². The zero-order valence-corrected chi connectivity index (χ0v) is 7.33. The van der Waals surface area contributed by atoms with Crippen LogP contribution in [-0.2, 0) is 4.79 Å². The minimum atomic E-state index is -1.40. The van der Waals surface area contributed by atoms with E-state index in [9.17, 15) is 14.3 Å². The van der Waals surface area contributed by atoms with Gasteiger partial charge < -0.3 is 5.11 Å². The van der Waals surface area contributed by atoms with Crippen molar-refractivity contribution < 1.29 is 14.3 Å². The molecule has 0 saturated heterocycles. The van der Waals surface area contributed by atoms with Crippen molar-refractivity contribution in [1.82, 2.24) is 0 Å². The summed E-state index contributed by atoms with van der Waals surface area (Å²) in [6.07, 6.45) is -1.59. The summed E-state index contributed by atoms with van der Waals surface area (Å²) in [5, 5.41) is 9.24. The fraction of sp³-hybridized carbons (Fsp3) is 0.300. The molecule has 2 nitrogen and oxygen atoms in total. The van der Waals surface area contributed by atoms with E-state index in [4.69, 9.17) is 0 Å². The first-order chi connectivity index (χ1) is 6.11. The van der Waals surface area contributed by atoms with Crippen molar-refractivity contribution in [2.45, 2.75) is 19.5 Å². The molecule has 70 valence electrons. The van der Waals surface area contributed by atoms with Gasteiger partial charge >= 0.3 is 0 Å². The number of hydrogen-bond donors (Lipinski definition) is 1. The van der Waals surface area contributed by atoms with Crippen molar-refractivity contribution in [2.75, 3.05) is 0 Å². The van der Waals surface area contributed by atoms with Crippen molar-refractivity contribution in [3.8, 4) is 5.75 Å². The molecule has 0 bridgehead atoms. The fourth-order valence-electron chi connectivity index (χ4n) is 1.11. The lowest BCUT2D eigenvalue weighted by Gasteiger charge is -2.07. The van der Waals surface area contributed by atoms with Gasteiger partial charge in [0.05, 0.1) is 0 Å². The summed E-state index contributed by atoms with van der Waals surface area (Å²) in [5.41, 5.74) is 0.178. The third kappa shape index (κ3) is 2.54. The van der Waals surface area contributed by atoms with E-state index >= 15 is 0 Å². The number of carbonyl (C=O) groups excluding carboxylic acids is 1. The Morgan fingerprint density at radius 3 is 2.69 bits per heavy atom. The number of hydrogen-bond acceptors (Lipinski definition) is 2. The molecule has 1 rings (SSSR count). The van der Waals surface area contributed by atoms with Crippen LogP contribution in [0.5, 0.6) is 5.75 Å². The van der Waals surface area contributed by atoms with Gasteiger partial charge in [-0.25, -0.2) is 4.39 Å². The number of halogens is 1. The maximum atomic E-state index is 13.3. The summed E-state index contributed by atoms with van der Waals surface area (Å²) < 4.78 is 13.3. The number of para-hydroxylation sites is 1. The highest BCUT2D eigenvalue weighted by atomic mass is 19.1. The van der Waals surface area contributed by atoms with Gasteiger partial charge in [-0.2, -0.15) is 0 Å². The highest BCUT2D eigenvalue weighted by Gasteiger charge is 2.15. The largest absolute Gasteiger partial charge is 0.508 e. The third-order valence-electron chi connectivity index (χ3n) is 1.74. The molecule has 1 atom stereocenters. The molecular weight excluding hydrogens is 171 g/mol. The lowest BCUT2D eigenvalue weighted by molar-refractivity contribution is -0.118. The number of rotatable bonds is 3. The molecule has 0 aliphatic carbocycles. The number of aromatic hydroxyl groups is 1. The van der Waals surface area contributed by atoms with Gasteiger partial charge in [-0.15, -0.1) is 0 Å². The van der Waals surface area contributed by atoms with Gasteiger partial charge in [-0.05, 0) is 13.0 Å². The summed E-state index contributed by atoms with van der Waals surface area (Å²) in [4.78, 5) is 10.6. The second-order valence-electron chi connectivity index (χ2n) is 2.93. The van der Waals surface area contributed by atoms with E-state index < -0.39 is 6.17 Å². The quantitative estimate of drug-likeness (QED) is 0.779. The number of benzene rings is 1. The first-order valence-corrected chi connectivity index (χ1v) is 4.02. The Labute approximate surface area is 76.0 Å². The van der Waals surface area contributed by atoms with E-state index in [1.807, 2.05) is 0 Å². The number of Topliss-reactive ketones (excluding diaryl/α,β-unsaturated/α-hetero) is 1. The number of phenols is 1.